The molecule has 110 valence electrons. The van der Waals surface area contributed by atoms with Gasteiger partial charge >= 0.3 is 0 Å². The minimum atomic E-state index is -0.177. The highest BCUT2D eigenvalue weighted by Gasteiger charge is 2.20. The maximum atomic E-state index is 12.0. The van der Waals surface area contributed by atoms with Crippen LogP contribution in [0, 0.1) is 5.92 Å². The number of nitrogens with one attached hydrogen (secondary N) is 1. The van der Waals surface area contributed by atoms with Crippen LogP contribution in [0.3, 0.4) is 0 Å². The summed E-state index contributed by atoms with van der Waals surface area (Å²) in [6, 6.07) is 5.05. The Morgan fingerprint density at radius 3 is 2.95 bits per heavy atom. The summed E-state index contributed by atoms with van der Waals surface area (Å²) in [5.74, 6) is 1.22. The summed E-state index contributed by atoms with van der Waals surface area (Å²) < 4.78 is 10.6. The lowest BCUT2D eigenvalue weighted by molar-refractivity contribution is 0.0938. The maximum absolute atomic E-state index is 12.0. The van der Waals surface area contributed by atoms with Gasteiger partial charge in [-0.05, 0) is 43.4 Å². The molecule has 20 heavy (non-hydrogen) atoms. The highest BCUT2D eigenvalue weighted by Crippen LogP contribution is 2.28. The van der Waals surface area contributed by atoms with E-state index in [9.17, 15) is 4.79 Å². The second-order valence-corrected chi connectivity index (χ2v) is 5.08. The first-order valence-corrected chi connectivity index (χ1v) is 7.00. The minimum Gasteiger partial charge on any atom is -0.497 e. The SMILES string of the molecule is COc1ccc(N)c(C(=O)NCCCOCC2CC2)c1. The van der Waals surface area contributed by atoms with Crippen molar-refractivity contribution in [1.29, 1.82) is 0 Å². The highest BCUT2D eigenvalue weighted by molar-refractivity contribution is 5.99. The molecule has 0 atom stereocenters. The number of methoxy groups -OCH3 is 1. The molecule has 1 amide bonds. The largest absolute Gasteiger partial charge is 0.497 e. The van der Waals surface area contributed by atoms with Crippen molar-refractivity contribution >= 4 is 11.6 Å². The zero-order valence-electron chi connectivity index (χ0n) is 11.9. The number of carbonyl (C=O) groups excluding carboxylic acids is 1. The predicted molar refractivity (Wildman–Crippen MR) is 77.9 cm³/mol. The Balaban J connectivity index is 1.70. The summed E-state index contributed by atoms with van der Waals surface area (Å²) >= 11 is 0. The Hall–Kier alpha value is -1.75. The van der Waals surface area contributed by atoms with E-state index in [0.717, 1.165) is 18.9 Å². The van der Waals surface area contributed by atoms with Gasteiger partial charge in [-0.3, -0.25) is 4.79 Å². The van der Waals surface area contributed by atoms with Crippen LogP contribution in [-0.4, -0.2) is 32.8 Å². The summed E-state index contributed by atoms with van der Waals surface area (Å²) in [6.45, 7) is 2.13. The smallest absolute Gasteiger partial charge is 0.253 e. The maximum Gasteiger partial charge on any atom is 0.253 e. The molecule has 5 heteroatoms. The lowest BCUT2D eigenvalue weighted by Gasteiger charge is -2.09. The van der Waals surface area contributed by atoms with Crippen LogP contribution in [0.25, 0.3) is 0 Å². The van der Waals surface area contributed by atoms with Crippen LogP contribution in [-0.2, 0) is 4.74 Å². The highest BCUT2D eigenvalue weighted by atomic mass is 16.5. The normalized spacial score (nSPS) is 14.1. The molecule has 0 unspecified atom stereocenters. The Morgan fingerprint density at radius 2 is 2.25 bits per heavy atom. The Bertz CT molecular complexity index is 458. The molecule has 2 rings (SSSR count). The number of rotatable bonds is 8. The molecule has 0 spiro atoms. The summed E-state index contributed by atoms with van der Waals surface area (Å²) in [6.07, 6.45) is 3.40. The summed E-state index contributed by atoms with van der Waals surface area (Å²) in [5.41, 5.74) is 6.70. The number of nitrogen functional groups attached to an aromatic ring is 1. The lowest BCUT2D eigenvalue weighted by Crippen LogP contribution is -2.26. The van der Waals surface area contributed by atoms with E-state index in [-0.39, 0.29) is 5.91 Å². The third-order valence-electron chi connectivity index (χ3n) is 3.31. The second-order valence-electron chi connectivity index (χ2n) is 5.08. The molecular formula is C15H22N2O3. The average Bonchev–Trinajstić information content (AvgIpc) is 3.27. The first-order valence-electron chi connectivity index (χ1n) is 7.00. The van der Waals surface area contributed by atoms with Gasteiger partial charge in [-0.2, -0.15) is 0 Å². The van der Waals surface area contributed by atoms with Gasteiger partial charge in [0.15, 0.2) is 0 Å². The number of amides is 1. The Morgan fingerprint density at radius 1 is 1.45 bits per heavy atom. The Kier molecular flexibility index (Phi) is 5.24. The topological polar surface area (TPSA) is 73.6 Å². The zero-order valence-corrected chi connectivity index (χ0v) is 11.9. The molecule has 0 saturated heterocycles. The van der Waals surface area contributed by atoms with Crippen molar-refractivity contribution in [2.45, 2.75) is 19.3 Å². The molecule has 0 aromatic heterocycles. The summed E-state index contributed by atoms with van der Waals surface area (Å²) in [7, 11) is 1.56. The molecule has 1 fully saturated rings. The lowest BCUT2D eigenvalue weighted by atomic mass is 10.1. The number of carbonyl (C=O) groups is 1. The van der Waals surface area contributed by atoms with Gasteiger partial charge < -0.3 is 20.5 Å². The van der Waals surface area contributed by atoms with Crippen LogP contribution in [0.5, 0.6) is 5.75 Å². The standard InChI is InChI=1S/C15H22N2O3/c1-19-12-5-6-14(16)13(9-12)15(18)17-7-2-8-20-10-11-3-4-11/h5-6,9,11H,2-4,7-8,10,16H2,1H3,(H,17,18). The van der Waals surface area contributed by atoms with Gasteiger partial charge in [0.25, 0.3) is 5.91 Å². The van der Waals surface area contributed by atoms with Crippen molar-refractivity contribution in [3.63, 3.8) is 0 Å². The summed E-state index contributed by atoms with van der Waals surface area (Å²) in [5, 5.41) is 2.84. The van der Waals surface area contributed by atoms with Gasteiger partial charge in [-0.25, -0.2) is 0 Å². The van der Waals surface area contributed by atoms with Crippen molar-refractivity contribution in [3.8, 4) is 5.75 Å². The number of hydrogen-bond acceptors (Lipinski definition) is 4. The fraction of sp³-hybridized carbons (Fsp3) is 0.533. The van der Waals surface area contributed by atoms with Gasteiger partial charge in [-0.1, -0.05) is 0 Å². The molecule has 0 aliphatic heterocycles. The molecule has 1 aromatic carbocycles. The van der Waals surface area contributed by atoms with E-state index >= 15 is 0 Å². The monoisotopic (exact) mass is 278 g/mol. The van der Waals surface area contributed by atoms with Crippen molar-refractivity contribution < 1.29 is 14.3 Å². The fourth-order valence-corrected chi connectivity index (χ4v) is 1.86. The van der Waals surface area contributed by atoms with Crippen molar-refractivity contribution in [2.75, 3.05) is 32.6 Å². The van der Waals surface area contributed by atoms with Crippen LogP contribution in [0.1, 0.15) is 29.6 Å². The average molecular weight is 278 g/mol. The van der Waals surface area contributed by atoms with E-state index in [4.69, 9.17) is 15.2 Å². The van der Waals surface area contributed by atoms with Crippen LogP contribution >= 0.6 is 0 Å². The van der Waals surface area contributed by atoms with E-state index in [1.807, 2.05) is 0 Å². The van der Waals surface area contributed by atoms with Crippen LogP contribution in [0.4, 0.5) is 5.69 Å². The Labute approximate surface area is 119 Å². The molecule has 3 N–H and O–H groups in total. The molecule has 0 bridgehead atoms. The quantitative estimate of drug-likeness (QED) is 0.562. The number of nitrogens with two attached hydrogens (primary N) is 1. The number of hydrogen-bond donors (Lipinski definition) is 2. The first kappa shape index (κ1) is 14.7. The van der Waals surface area contributed by atoms with E-state index in [2.05, 4.69) is 5.32 Å². The van der Waals surface area contributed by atoms with E-state index in [0.29, 0.717) is 30.2 Å². The number of anilines is 1. The van der Waals surface area contributed by atoms with Crippen LogP contribution in [0.2, 0.25) is 0 Å². The van der Waals surface area contributed by atoms with E-state index in [1.54, 1.807) is 25.3 Å². The molecular weight excluding hydrogens is 256 g/mol. The molecule has 1 aliphatic carbocycles. The molecule has 1 aliphatic rings. The molecule has 0 radical (unpaired) electrons. The zero-order chi connectivity index (χ0) is 14.4. The van der Waals surface area contributed by atoms with Gasteiger partial charge in [-0.15, -0.1) is 0 Å². The number of ether oxygens (including phenoxy) is 2. The van der Waals surface area contributed by atoms with Crippen LogP contribution < -0.4 is 15.8 Å². The fourth-order valence-electron chi connectivity index (χ4n) is 1.86. The minimum absolute atomic E-state index is 0.177. The molecule has 1 saturated carbocycles. The van der Waals surface area contributed by atoms with Gasteiger partial charge in [0.1, 0.15) is 5.75 Å². The van der Waals surface area contributed by atoms with Crippen LogP contribution in [0.15, 0.2) is 18.2 Å². The van der Waals surface area contributed by atoms with E-state index < -0.39 is 0 Å². The molecule has 1 aromatic rings. The first-order chi connectivity index (χ1) is 9.70. The third kappa shape index (κ3) is 4.42. The summed E-state index contributed by atoms with van der Waals surface area (Å²) in [4.78, 5) is 12.0. The predicted octanol–water partition coefficient (Wildman–Crippen LogP) is 1.82. The van der Waals surface area contributed by atoms with Gasteiger partial charge in [0.05, 0.1) is 12.7 Å². The van der Waals surface area contributed by atoms with Crippen molar-refractivity contribution in [1.82, 2.24) is 5.32 Å². The van der Waals surface area contributed by atoms with E-state index in [1.165, 1.54) is 12.8 Å². The second kappa shape index (κ2) is 7.14. The molecule has 5 nitrogen and oxygen atoms in total. The van der Waals surface area contributed by atoms with Gasteiger partial charge in [0.2, 0.25) is 0 Å². The molecule has 0 heterocycles. The van der Waals surface area contributed by atoms with Crippen molar-refractivity contribution in [3.05, 3.63) is 23.8 Å². The van der Waals surface area contributed by atoms with Gasteiger partial charge in [0, 0.05) is 25.4 Å². The van der Waals surface area contributed by atoms with Crippen molar-refractivity contribution in [2.24, 2.45) is 5.92 Å². The third-order valence-corrected chi connectivity index (χ3v) is 3.31. The number of benzene rings is 1.